The van der Waals surface area contributed by atoms with Crippen LogP contribution in [0.3, 0.4) is 0 Å². The van der Waals surface area contributed by atoms with Crippen LogP contribution >= 0.6 is 0 Å². The molecule has 2 aromatic rings. The Kier molecular flexibility index (Phi) is 8.65. The fraction of sp³-hybridized carbons (Fsp3) is 0.435. The zero-order valence-corrected chi connectivity index (χ0v) is 19.7. The summed E-state index contributed by atoms with van der Waals surface area (Å²) in [5.41, 5.74) is 0.907. The van der Waals surface area contributed by atoms with E-state index in [-0.39, 0.29) is 16.3 Å². The number of halogens is 1. The molecule has 1 saturated heterocycles. The number of aryl methyl sites for hydroxylation is 1. The number of sulfonamides is 1. The van der Waals surface area contributed by atoms with E-state index in [1.54, 1.807) is 19.1 Å². The van der Waals surface area contributed by atoms with Crippen molar-refractivity contribution in [1.29, 1.82) is 0 Å². The number of carbonyl (C=O) groups is 1. The molecule has 0 saturated carbocycles. The number of anilines is 1. The van der Waals surface area contributed by atoms with Crippen LogP contribution in [-0.4, -0.2) is 72.3 Å². The summed E-state index contributed by atoms with van der Waals surface area (Å²) >= 11 is 0. The van der Waals surface area contributed by atoms with Gasteiger partial charge in [0.1, 0.15) is 23.0 Å². The number of rotatable bonds is 10. The first-order valence-electron chi connectivity index (χ1n) is 10.8. The minimum absolute atomic E-state index is 0.0607. The Morgan fingerprint density at radius 2 is 1.88 bits per heavy atom. The third kappa shape index (κ3) is 6.66. The SMILES string of the molecule is COc1ccc(C)cc1S(=O)(=O)N(CC(=O)NCCCN1CCOCC1)c1ccc(F)cc1. The fourth-order valence-electron chi connectivity index (χ4n) is 3.57. The van der Waals surface area contributed by atoms with Gasteiger partial charge in [-0.05, 0) is 61.9 Å². The number of ether oxygens (including phenoxy) is 2. The van der Waals surface area contributed by atoms with Crippen LogP contribution in [0.2, 0.25) is 0 Å². The average molecular weight is 480 g/mol. The molecule has 1 aliphatic heterocycles. The second-order valence-corrected chi connectivity index (χ2v) is 9.63. The summed E-state index contributed by atoms with van der Waals surface area (Å²) < 4.78 is 52.2. The van der Waals surface area contributed by atoms with Gasteiger partial charge in [-0.3, -0.25) is 14.0 Å². The number of nitrogens with zero attached hydrogens (tertiary/aromatic N) is 2. The van der Waals surface area contributed by atoms with Gasteiger partial charge in [0.25, 0.3) is 10.0 Å². The van der Waals surface area contributed by atoms with Crippen LogP contribution in [0.1, 0.15) is 12.0 Å². The van der Waals surface area contributed by atoms with Crippen molar-refractivity contribution in [2.45, 2.75) is 18.2 Å². The van der Waals surface area contributed by atoms with Gasteiger partial charge >= 0.3 is 0 Å². The van der Waals surface area contributed by atoms with Gasteiger partial charge in [-0.1, -0.05) is 6.07 Å². The second-order valence-electron chi connectivity index (χ2n) is 7.80. The Balaban J connectivity index is 1.75. The number of benzene rings is 2. The Hall–Kier alpha value is -2.69. The van der Waals surface area contributed by atoms with Crippen molar-refractivity contribution in [3.05, 3.63) is 53.8 Å². The Morgan fingerprint density at radius 1 is 1.18 bits per heavy atom. The van der Waals surface area contributed by atoms with Crippen molar-refractivity contribution < 1.29 is 27.1 Å². The lowest BCUT2D eigenvalue weighted by molar-refractivity contribution is -0.119. The van der Waals surface area contributed by atoms with Gasteiger partial charge in [0, 0.05) is 19.6 Å². The molecule has 1 N–H and O–H groups in total. The molecule has 0 unspecified atom stereocenters. The molecule has 0 radical (unpaired) electrons. The number of nitrogens with one attached hydrogen (secondary N) is 1. The van der Waals surface area contributed by atoms with E-state index in [0.717, 1.165) is 48.1 Å². The summed E-state index contributed by atoms with van der Waals surface area (Å²) in [5.74, 6) is -0.785. The number of amides is 1. The maximum absolute atomic E-state index is 13.6. The van der Waals surface area contributed by atoms with Crippen molar-refractivity contribution in [2.24, 2.45) is 0 Å². The monoisotopic (exact) mass is 479 g/mol. The highest BCUT2D eigenvalue weighted by atomic mass is 32.2. The van der Waals surface area contributed by atoms with Crippen LogP contribution in [0.25, 0.3) is 0 Å². The summed E-state index contributed by atoms with van der Waals surface area (Å²) in [6.07, 6.45) is 0.737. The predicted octanol–water partition coefficient (Wildman–Crippen LogP) is 2.18. The Morgan fingerprint density at radius 3 is 2.55 bits per heavy atom. The summed E-state index contributed by atoms with van der Waals surface area (Å²) in [6.45, 7) is 5.71. The predicted molar refractivity (Wildman–Crippen MR) is 124 cm³/mol. The Bertz CT molecular complexity index is 1040. The number of methoxy groups -OCH3 is 1. The quantitative estimate of drug-likeness (QED) is 0.526. The van der Waals surface area contributed by atoms with Gasteiger partial charge in [-0.25, -0.2) is 12.8 Å². The van der Waals surface area contributed by atoms with E-state index in [1.807, 2.05) is 0 Å². The first-order chi connectivity index (χ1) is 15.8. The first kappa shape index (κ1) is 24.9. The lowest BCUT2D eigenvalue weighted by atomic mass is 10.2. The fourth-order valence-corrected chi connectivity index (χ4v) is 5.23. The minimum atomic E-state index is -4.17. The molecule has 1 amide bonds. The smallest absolute Gasteiger partial charge is 0.268 e. The minimum Gasteiger partial charge on any atom is -0.495 e. The van der Waals surface area contributed by atoms with Crippen molar-refractivity contribution in [3.63, 3.8) is 0 Å². The molecule has 33 heavy (non-hydrogen) atoms. The van der Waals surface area contributed by atoms with Gasteiger partial charge in [0.05, 0.1) is 26.0 Å². The zero-order valence-electron chi connectivity index (χ0n) is 18.9. The maximum atomic E-state index is 13.6. The topological polar surface area (TPSA) is 88.2 Å². The van der Waals surface area contributed by atoms with Crippen molar-refractivity contribution in [3.8, 4) is 5.75 Å². The summed E-state index contributed by atoms with van der Waals surface area (Å²) in [6, 6.07) is 9.78. The third-order valence-electron chi connectivity index (χ3n) is 5.37. The molecule has 2 aromatic carbocycles. The van der Waals surface area contributed by atoms with Crippen molar-refractivity contribution in [1.82, 2.24) is 10.2 Å². The standard InChI is InChI=1S/C23H30FN3O5S/c1-18-4-9-21(31-2)22(16-18)33(29,30)27(20-7-5-19(24)6-8-20)17-23(28)25-10-3-11-26-12-14-32-15-13-26/h4-9,16H,3,10-15,17H2,1-2H3,(H,25,28). The molecule has 0 atom stereocenters. The molecule has 0 aromatic heterocycles. The van der Waals surface area contributed by atoms with Crippen LogP contribution in [0, 0.1) is 12.7 Å². The van der Waals surface area contributed by atoms with Gasteiger partial charge in [-0.2, -0.15) is 0 Å². The summed E-state index contributed by atoms with van der Waals surface area (Å²) in [4.78, 5) is 14.9. The number of carbonyl (C=O) groups excluding carboxylic acids is 1. The lowest BCUT2D eigenvalue weighted by Crippen LogP contribution is -2.42. The highest BCUT2D eigenvalue weighted by Crippen LogP contribution is 2.30. The number of hydrogen-bond donors (Lipinski definition) is 1. The number of morpholine rings is 1. The van der Waals surface area contributed by atoms with Crippen LogP contribution in [0.4, 0.5) is 10.1 Å². The summed E-state index contributed by atoms with van der Waals surface area (Å²) in [7, 11) is -2.79. The molecule has 3 rings (SSSR count). The largest absolute Gasteiger partial charge is 0.495 e. The van der Waals surface area contributed by atoms with E-state index in [9.17, 15) is 17.6 Å². The number of hydrogen-bond acceptors (Lipinski definition) is 6. The van der Waals surface area contributed by atoms with Crippen LogP contribution in [-0.2, 0) is 19.6 Å². The summed E-state index contributed by atoms with van der Waals surface area (Å²) in [5, 5.41) is 2.79. The molecule has 1 fully saturated rings. The molecule has 180 valence electrons. The van der Waals surface area contributed by atoms with Gasteiger partial charge in [-0.15, -0.1) is 0 Å². The molecule has 10 heteroatoms. The molecule has 1 heterocycles. The molecule has 8 nitrogen and oxygen atoms in total. The maximum Gasteiger partial charge on any atom is 0.268 e. The van der Waals surface area contributed by atoms with Crippen molar-refractivity contribution >= 4 is 21.6 Å². The molecular weight excluding hydrogens is 449 g/mol. The highest BCUT2D eigenvalue weighted by molar-refractivity contribution is 7.93. The van der Waals surface area contributed by atoms with Gasteiger partial charge in [0.15, 0.2) is 0 Å². The molecule has 0 bridgehead atoms. The van der Waals surface area contributed by atoms with E-state index < -0.39 is 28.3 Å². The molecule has 0 spiro atoms. The molecule has 0 aliphatic carbocycles. The van der Waals surface area contributed by atoms with Crippen LogP contribution in [0.15, 0.2) is 47.4 Å². The van der Waals surface area contributed by atoms with E-state index >= 15 is 0 Å². The highest BCUT2D eigenvalue weighted by Gasteiger charge is 2.30. The van der Waals surface area contributed by atoms with E-state index in [1.165, 1.54) is 25.3 Å². The zero-order chi connectivity index (χ0) is 23.8. The van der Waals surface area contributed by atoms with E-state index in [2.05, 4.69) is 10.2 Å². The molecule has 1 aliphatic rings. The van der Waals surface area contributed by atoms with Gasteiger partial charge in [0.2, 0.25) is 5.91 Å². The second kappa shape index (κ2) is 11.4. The molecular formula is C23H30FN3O5S. The van der Waals surface area contributed by atoms with E-state index in [4.69, 9.17) is 9.47 Å². The third-order valence-corrected chi connectivity index (χ3v) is 7.16. The van der Waals surface area contributed by atoms with Crippen LogP contribution < -0.4 is 14.4 Å². The first-order valence-corrected chi connectivity index (χ1v) is 12.2. The van der Waals surface area contributed by atoms with Gasteiger partial charge < -0.3 is 14.8 Å². The average Bonchev–Trinajstić information content (AvgIpc) is 2.81. The Labute approximate surface area is 194 Å². The van der Waals surface area contributed by atoms with Crippen molar-refractivity contribution in [2.75, 3.05) is 57.4 Å². The normalized spacial score (nSPS) is 14.6. The van der Waals surface area contributed by atoms with E-state index in [0.29, 0.717) is 19.8 Å². The lowest BCUT2D eigenvalue weighted by Gasteiger charge is -2.27. The van der Waals surface area contributed by atoms with Crippen LogP contribution in [0.5, 0.6) is 5.75 Å².